The van der Waals surface area contributed by atoms with E-state index in [0.717, 1.165) is 5.56 Å². The quantitative estimate of drug-likeness (QED) is 0.621. The molecular formula is C19H22ClN3O3. The molecule has 26 heavy (non-hydrogen) atoms. The monoisotopic (exact) mass is 375 g/mol. The van der Waals surface area contributed by atoms with Crippen molar-refractivity contribution in [3.63, 3.8) is 0 Å². The van der Waals surface area contributed by atoms with Crippen LogP contribution in [0.3, 0.4) is 0 Å². The molecule has 1 aromatic carbocycles. The number of halogens is 1. The predicted octanol–water partition coefficient (Wildman–Crippen LogP) is 3.43. The Morgan fingerprint density at radius 1 is 1.15 bits per heavy atom. The number of anilines is 1. The molecule has 0 aliphatic carbocycles. The Kier molecular flexibility index (Phi) is 8.05. The summed E-state index contributed by atoms with van der Waals surface area (Å²) in [4.78, 5) is 29.1. The van der Waals surface area contributed by atoms with Crippen LogP contribution in [0.15, 0.2) is 48.8 Å². The van der Waals surface area contributed by atoms with Crippen molar-refractivity contribution in [3.05, 3.63) is 59.4 Å². The highest BCUT2D eigenvalue weighted by atomic mass is 35.5. The summed E-state index contributed by atoms with van der Waals surface area (Å²) in [5, 5.41) is 12.2. The number of carbonyl (C=O) groups excluding carboxylic acids is 1. The maximum atomic E-state index is 12.3. The summed E-state index contributed by atoms with van der Waals surface area (Å²) in [6, 6.07) is 10.7. The molecule has 0 bridgehead atoms. The van der Waals surface area contributed by atoms with Gasteiger partial charge in [-0.1, -0.05) is 17.7 Å². The summed E-state index contributed by atoms with van der Waals surface area (Å²) in [7, 11) is 0. The molecule has 1 amide bonds. The Morgan fingerprint density at radius 2 is 1.92 bits per heavy atom. The fraction of sp³-hybridized carbons (Fsp3) is 0.316. The fourth-order valence-corrected chi connectivity index (χ4v) is 2.64. The highest BCUT2D eigenvalue weighted by Crippen LogP contribution is 2.13. The summed E-state index contributed by atoms with van der Waals surface area (Å²) in [5.74, 6) is -0.932. The number of hydrogen-bond donors (Lipinski definition) is 2. The van der Waals surface area contributed by atoms with Gasteiger partial charge in [0, 0.05) is 36.1 Å². The van der Waals surface area contributed by atoms with E-state index < -0.39 is 5.97 Å². The second-order valence-corrected chi connectivity index (χ2v) is 6.41. The molecule has 0 radical (unpaired) electrons. The third-order valence-corrected chi connectivity index (χ3v) is 3.99. The van der Waals surface area contributed by atoms with Gasteiger partial charge in [0.1, 0.15) is 0 Å². The van der Waals surface area contributed by atoms with Crippen LogP contribution in [0.1, 0.15) is 24.8 Å². The Labute approximate surface area is 157 Å². The molecule has 6 nitrogen and oxygen atoms in total. The van der Waals surface area contributed by atoms with Crippen LogP contribution in [0, 0.1) is 0 Å². The van der Waals surface area contributed by atoms with Crippen molar-refractivity contribution in [2.24, 2.45) is 0 Å². The third-order valence-electron chi connectivity index (χ3n) is 3.74. The average molecular weight is 376 g/mol. The van der Waals surface area contributed by atoms with E-state index in [0.29, 0.717) is 36.6 Å². The zero-order valence-electron chi connectivity index (χ0n) is 14.4. The van der Waals surface area contributed by atoms with Crippen molar-refractivity contribution in [2.75, 3.05) is 18.4 Å². The zero-order chi connectivity index (χ0) is 18.8. The predicted molar refractivity (Wildman–Crippen MR) is 101 cm³/mol. The second-order valence-electron chi connectivity index (χ2n) is 5.98. The number of aliphatic carboxylic acids is 1. The minimum absolute atomic E-state index is 0.130. The molecule has 0 aliphatic rings. The molecule has 138 valence electrons. The summed E-state index contributed by atoms with van der Waals surface area (Å²) >= 11 is 5.85. The molecule has 1 heterocycles. The molecule has 2 aromatic rings. The third kappa shape index (κ3) is 7.63. The van der Waals surface area contributed by atoms with Crippen molar-refractivity contribution in [1.29, 1.82) is 0 Å². The van der Waals surface area contributed by atoms with Gasteiger partial charge in [-0.15, -0.1) is 0 Å². The number of unbranched alkanes of at least 4 members (excludes halogenated alkanes) is 1. The van der Waals surface area contributed by atoms with Crippen LogP contribution in [0.25, 0.3) is 0 Å². The Bertz CT molecular complexity index is 708. The summed E-state index contributed by atoms with van der Waals surface area (Å²) < 4.78 is 0. The lowest BCUT2D eigenvalue weighted by molar-refractivity contribution is -0.137. The first-order chi connectivity index (χ1) is 12.5. The van der Waals surface area contributed by atoms with Crippen LogP contribution in [-0.4, -0.2) is 40.0 Å². The summed E-state index contributed by atoms with van der Waals surface area (Å²) in [6.07, 6.45) is 4.89. The van der Waals surface area contributed by atoms with Crippen molar-refractivity contribution < 1.29 is 14.7 Å². The lowest BCUT2D eigenvalue weighted by Gasteiger charge is -2.21. The van der Waals surface area contributed by atoms with Gasteiger partial charge < -0.3 is 10.4 Å². The van der Waals surface area contributed by atoms with Gasteiger partial charge in [-0.3, -0.25) is 19.5 Å². The van der Waals surface area contributed by atoms with E-state index in [1.54, 1.807) is 36.7 Å². The molecule has 0 fully saturated rings. The van der Waals surface area contributed by atoms with Crippen molar-refractivity contribution >= 4 is 29.2 Å². The molecule has 0 spiro atoms. The van der Waals surface area contributed by atoms with Crippen molar-refractivity contribution in [1.82, 2.24) is 9.88 Å². The normalized spacial score (nSPS) is 10.7. The van der Waals surface area contributed by atoms with Crippen LogP contribution < -0.4 is 5.32 Å². The summed E-state index contributed by atoms with van der Waals surface area (Å²) in [5.41, 5.74) is 1.69. The molecule has 0 saturated heterocycles. The highest BCUT2D eigenvalue weighted by Gasteiger charge is 2.12. The van der Waals surface area contributed by atoms with Crippen LogP contribution in [0.2, 0.25) is 5.02 Å². The molecule has 0 unspecified atom stereocenters. The van der Waals surface area contributed by atoms with Crippen molar-refractivity contribution in [2.45, 2.75) is 25.8 Å². The number of rotatable bonds is 10. The van der Waals surface area contributed by atoms with Crippen LogP contribution >= 0.6 is 11.6 Å². The lowest BCUT2D eigenvalue weighted by Crippen LogP contribution is -2.33. The van der Waals surface area contributed by atoms with Gasteiger partial charge in [0.05, 0.1) is 6.54 Å². The Balaban J connectivity index is 1.91. The SMILES string of the molecule is O=C(O)CCCCN(CC(=O)Nc1ccc(Cl)cc1)Cc1cccnc1. The number of aromatic nitrogens is 1. The van der Waals surface area contributed by atoms with Crippen molar-refractivity contribution in [3.8, 4) is 0 Å². The topological polar surface area (TPSA) is 82.5 Å². The van der Waals surface area contributed by atoms with Gasteiger partial charge in [-0.05, 0) is 55.3 Å². The number of amides is 1. The van der Waals surface area contributed by atoms with Gasteiger partial charge in [0.15, 0.2) is 0 Å². The molecule has 2 N–H and O–H groups in total. The second kappa shape index (κ2) is 10.5. The molecule has 7 heteroatoms. The Morgan fingerprint density at radius 3 is 2.58 bits per heavy atom. The smallest absolute Gasteiger partial charge is 0.303 e. The number of pyridine rings is 1. The number of carboxylic acids is 1. The number of benzene rings is 1. The van der Waals surface area contributed by atoms with Crippen LogP contribution in [0.5, 0.6) is 0 Å². The maximum absolute atomic E-state index is 12.3. The van der Waals surface area contributed by atoms with Gasteiger partial charge >= 0.3 is 5.97 Å². The van der Waals surface area contributed by atoms with Gasteiger partial charge in [0.25, 0.3) is 0 Å². The molecule has 2 rings (SSSR count). The molecule has 0 saturated carbocycles. The van der Waals surface area contributed by atoms with Gasteiger partial charge in [0.2, 0.25) is 5.91 Å². The first-order valence-corrected chi connectivity index (χ1v) is 8.79. The standard InChI is InChI=1S/C19H22ClN3O3/c20-16-6-8-17(9-7-16)22-18(24)14-23(11-2-1-5-19(25)26)13-15-4-3-10-21-12-15/h3-4,6-10,12H,1-2,5,11,13-14H2,(H,22,24)(H,25,26). The zero-order valence-corrected chi connectivity index (χ0v) is 15.2. The van der Waals surface area contributed by atoms with E-state index >= 15 is 0 Å². The minimum atomic E-state index is -0.802. The first-order valence-electron chi connectivity index (χ1n) is 8.41. The lowest BCUT2D eigenvalue weighted by atomic mass is 10.2. The summed E-state index contributed by atoms with van der Waals surface area (Å²) in [6.45, 7) is 1.43. The molecule has 0 aliphatic heterocycles. The number of nitrogens with zero attached hydrogens (tertiary/aromatic N) is 2. The largest absolute Gasteiger partial charge is 0.481 e. The molecule has 1 aromatic heterocycles. The molecule has 0 atom stereocenters. The number of carboxylic acid groups (broad SMARTS) is 1. The van der Waals surface area contributed by atoms with E-state index in [4.69, 9.17) is 16.7 Å². The van der Waals surface area contributed by atoms with Crippen LogP contribution in [-0.2, 0) is 16.1 Å². The number of hydrogen-bond acceptors (Lipinski definition) is 4. The van der Waals surface area contributed by atoms with E-state index in [9.17, 15) is 9.59 Å². The van der Waals surface area contributed by atoms with E-state index in [1.165, 1.54) is 0 Å². The fourth-order valence-electron chi connectivity index (χ4n) is 2.51. The number of carbonyl (C=O) groups is 2. The molecular weight excluding hydrogens is 354 g/mol. The van der Waals surface area contributed by atoms with Gasteiger partial charge in [-0.2, -0.15) is 0 Å². The average Bonchev–Trinajstić information content (AvgIpc) is 2.61. The minimum Gasteiger partial charge on any atom is -0.481 e. The number of nitrogens with one attached hydrogen (secondary N) is 1. The first kappa shape index (κ1) is 19.9. The Hall–Kier alpha value is -2.44. The van der Waals surface area contributed by atoms with Gasteiger partial charge in [-0.25, -0.2) is 0 Å². The maximum Gasteiger partial charge on any atom is 0.303 e. The van der Waals surface area contributed by atoms with E-state index in [-0.39, 0.29) is 18.9 Å². The van der Waals surface area contributed by atoms with E-state index in [2.05, 4.69) is 10.3 Å². The van der Waals surface area contributed by atoms with Crippen LogP contribution in [0.4, 0.5) is 5.69 Å². The highest BCUT2D eigenvalue weighted by molar-refractivity contribution is 6.30. The van der Waals surface area contributed by atoms with E-state index in [1.807, 2.05) is 17.0 Å².